The van der Waals surface area contributed by atoms with Crippen molar-refractivity contribution in [3.63, 3.8) is 0 Å². The highest BCUT2D eigenvalue weighted by Gasteiger charge is 2.08. The minimum atomic E-state index is 0.0925. The van der Waals surface area contributed by atoms with Gasteiger partial charge < -0.3 is 16.0 Å². The van der Waals surface area contributed by atoms with Gasteiger partial charge in [0.2, 0.25) is 5.89 Å². The molecule has 0 aromatic carbocycles. The molecule has 1 unspecified atom stereocenters. The molecule has 68 valence electrons. The van der Waals surface area contributed by atoms with Crippen LogP contribution in [0, 0.1) is 0 Å². The number of rotatable bonds is 4. The fourth-order valence-electron chi connectivity index (χ4n) is 1.05. The number of hydrogen-bond acceptors (Lipinski definition) is 5. The lowest BCUT2D eigenvalue weighted by atomic mass is 10.1. The molecule has 0 radical (unpaired) electrons. The highest BCUT2D eigenvalue weighted by Crippen LogP contribution is 2.04. The molecule has 1 aromatic rings. The van der Waals surface area contributed by atoms with E-state index in [-0.39, 0.29) is 12.0 Å². The number of nitrogens with zero attached hydrogens (tertiary/aromatic N) is 2. The van der Waals surface area contributed by atoms with Gasteiger partial charge in [-0.05, 0) is 11.6 Å². The number of nitrogens with two attached hydrogens (primary N) is 2. The van der Waals surface area contributed by atoms with E-state index in [4.69, 9.17) is 16.0 Å². The van der Waals surface area contributed by atoms with E-state index in [2.05, 4.69) is 17.1 Å². The van der Waals surface area contributed by atoms with E-state index in [9.17, 15) is 0 Å². The molecule has 5 nitrogen and oxygen atoms in total. The first-order valence-electron chi connectivity index (χ1n) is 4.06. The van der Waals surface area contributed by atoms with E-state index in [0.717, 1.165) is 12.8 Å². The molecule has 12 heavy (non-hydrogen) atoms. The second-order valence-electron chi connectivity index (χ2n) is 2.80. The van der Waals surface area contributed by atoms with Crippen molar-refractivity contribution in [2.45, 2.75) is 32.2 Å². The van der Waals surface area contributed by atoms with Crippen LogP contribution >= 0.6 is 0 Å². The average Bonchev–Trinajstić information content (AvgIpc) is 2.36. The molecule has 0 bridgehead atoms. The Morgan fingerprint density at radius 1 is 1.58 bits per heavy atom. The lowest BCUT2D eigenvalue weighted by Gasteiger charge is -2.04. The average molecular weight is 170 g/mol. The van der Waals surface area contributed by atoms with Crippen LogP contribution in [0.5, 0.6) is 0 Å². The van der Waals surface area contributed by atoms with Crippen molar-refractivity contribution in [2.75, 3.05) is 5.73 Å². The van der Waals surface area contributed by atoms with Crippen molar-refractivity contribution >= 4 is 5.95 Å². The van der Waals surface area contributed by atoms with Gasteiger partial charge in [-0.25, -0.2) is 0 Å². The fraction of sp³-hybridized carbons (Fsp3) is 0.714. The van der Waals surface area contributed by atoms with E-state index in [1.54, 1.807) is 0 Å². The van der Waals surface area contributed by atoms with Gasteiger partial charge in [0.1, 0.15) is 0 Å². The van der Waals surface area contributed by atoms with Crippen molar-refractivity contribution in [3.8, 4) is 0 Å². The summed E-state index contributed by atoms with van der Waals surface area (Å²) in [5, 5.41) is 3.47. The Kier molecular flexibility index (Phi) is 3.04. The number of aromatic nitrogens is 2. The van der Waals surface area contributed by atoms with Gasteiger partial charge in [0.25, 0.3) is 5.95 Å². The number of hydrogen-bond donors (Lipinski definition) is 2. The SMILES string of the molecule is CCCC(N)Cc1nc(N)no1. The van der Waals surface area contributed by atoms with Gasteiger partial charge in [0.05, 0.1) is 0 Å². The molecule has 0 saturated carbocycles. The Morgan fingerprint density at radius 3 is 2.83 bits per heavy atom. The van der Waals surface area contributed by atoms with Gasteiger partial charge in [-0.2, -0.15) is 4.98 Å². The summed E-state index contributed by atoms with van der Waals surface area (Å²) in [5.74, 6) is 0.696. The minimum Gasteiger partial charge on any atom is -0.365 e. The second kappa shape index (κ2) is 4.06. The zero-order valence-electron chi connectivity index (χ0n) is 7.16. The Morgan fingerprint density at radius 2 is 2.33 bits per heavy atom. The van der Waals surface area contributed by atoms with Crippen LogP contribution in [0.25, 0.3) is 0 Å². The van der Waals surface area contributed by atoms with Crippen molar-refractivity contribution in [2.24, 2.45) is 5.73 Å². The van der Waals surface area contributed by atoms with Crippen molar-refractivity contribution in [1.29, 1.82) is 0 Å². The van der Waals surface area contributed by atoms with Crippen molar-refractivity contribution in [3.05, 3.63) is 5.89 Å². The summed E-state index contributed by atoms with van der Waals surface area (Å²) in [7, 11) is 0. The third-order valence-electron chi connectivity index (χ3n) is 1.58. The molecule has 0 aliphatic rings. The van der Waals surface area contributed by atoms with Crippen LogP contribution in [-0.2, 0) is 6.42 Å². The maximum absolute atomic E-state index is 5.76. The molecular formula is C7H14N4O. The molecule has 1 rings (SSSR count). The largest absolute Gasteiger partial charge is 0.365 e. The third kappa shape index (κ3) is 2.50. The van der Waals surface area contributed by atoms with E-state index in [1.807, 2.05) is 0 Å². The summed E-state index contributed by atoms with van der Waals surface area (Å²) in [4.78, 5) is 3.85. The predicted octanol–water partition coefficient (Wildman–Crippen LogP) is 0.322. The van der Waals surface area contributed by atoms with Crippen LogP contribution in [0.1, 0.15) is 25.7 Å². The quantitative estimate of drug-likeness (QED) is 0.679. The van der Waals surface area contributed by atoms with Crippen LogP contribution in [0.2, 0.25) is 0 Å². The first kappa shape index (κ1) is 8.99. The summed E-state index contributed by atoms with van der Waals surface area (Å²) in [6.07, 6.45) is 2.63. The highest BCUT2D eigenvalue weighted by molar-refractivity contribution is 5.10. The Hall–Kier alpha value is -1.10. The molecule has 4 N–H and O–H groups in total. The molecular weight excluding hydrogens is 156 g/mol. The molecule has 0 amide bonds. The maximum Gasteiger partial charge on any atom is 0.260 e. The molecule has 0 aliphatic heterocycles. The van der Waals surface area contributed by atoms with Gasteiger partial charge in [-0.1, -0.05) is 13.3 Å². The third-order valence-corrected chi connectivity index (χ3v) is 1.58. The lowest BCUT2D eigenvalue weighted by molar-refractivity contribution is 0.366. The fourth-order valence-corrected chi connectivity index (χ4v) is 1.05. The van der Waals surface area contributed by atoms with Gasteiger partial charge in [0.15, 0.2) is 0 Å². The maximum atomic E-state index is 5.76. The minimum absolute atomic E-state index is 0.0925. The zero-order valence-corrected chi connectivity index (χ0v) is 7.16. The summed E-state index contributed by atoms with van der Waals surface area (Å²) >= 11 is 0. The zero-order chi connectivity index (χ0) is 8.97. The van der Waals surface area contributed by atoms with Crippen molar-refractivity contribution < 1.29 is 4.52 Å². The monoisotopic (exact) mass is 170 g/mol. The van der Waals surface area contributed by atoms with Crippen molar-refractivity contribution in [1.82, 2.24) is 10.1 Å². The lowest BCUT2D eigenvalue weighted by Crippen LogP contribution is -2.22. The number of nitrogen functional groups attached to an aromatic ring is 1. The Bertz CT molecular complexity index is 235. The smallest absolute Gasteiger partial charge is 0.260 e. The molecule has 0 fully saturated rings. The Balaban J connectivity index is 2.41. The van der Waals surface area contributed by atoms with Crippen LogP contribution in [0.4, 0.5) is 5.95 Å². The molecule has 0 aliphatic carbocycles. The molecule has 1 heterocycles. The number of anilines is 1. The Labute approximate surface area is 71.1 Å². The van der Waals surface area contributed by atoms with Crippen LogP contribution in [0.3, 0.4) is 0 Å². The van der Waals surface area contributed by atoms with Gasteiger partial charge in [-0.3, -0.25) is 0 Å². The second-order valence-corrected chi connectivity index (χ2v) is 2.80. The topological polar surface area (TPSA) is 91.0 Å². The first-order chi connectivity index (χ1) is 5.72. The predicted molar refractivity (Wildman–Crippen MR) is 45.3 cm³/mol. The summed E-state index contributed by atoms with van der Waals surface area (Å²) in [6.45, 7) is 2.09. The van der Waals surface area contributed by atoms with Gasteiger partial charge >= 0.3 is 0 Å². The van der Waals surface area contributed by atoms with E-state index >= 15 is 0 Å². The summed E-state index contributed by atoms with van der Waals surface area (Å²) in [5.41, 5.74) is 11.0. The molecule has 0 saturated heterocycles. The van der Waals surface area contributed by atoms with Gasteiger partial charge in [0, 0.05) is 12.5 Å². The van der Waals surface area contributed by atoms with E-state index in [1.165, 1.54) is 0 Å². The normalized spacial score (nSPS) is 13.2. The highest BCUT2D eigenvalue weighted by atomic mass is 16.5. The van der Waals surface area contributed by atoms with Crippen LogP contribution in [0.15, 0.2) is 4.52 Å². The van der Waals surface area contributed by atoms with Gasteiger partial charge in [-0.15, -0.1) is 0 Å². The molecule has 0 spiro atoms. The van der Waals surface area contributed by atoms with E-state index < -0.39 is 0 Å². The standard InChI is InChI=1S/C7H14N4O/c1-2-3-5(8)4-6-10-7(9)11-12-6/h5H,2-4,8H2,1H3,(H2,9,11). The van der Waals surface area contributed by atoms with Crippen LogP contribution < -0.4 is 11.5 Å². The summed E-state index contributed by atoms with van der Waals surface area (Å²) < 4.78 is 4.82. The summed E-state index contributed by atoms with van der Waals surface area (Å²) in [6, 6.07) is 0.0925. The first-order valence-corrected chi connectivity index (χ1v) is 4.06. The van der Waals surface area contributed by atoms with E-state index in [0.29, 0.717) is 12.3 Å². The molecule has 1 aromatic heterocycles. The molecule has 5 heteroatoms. The molecule has 1 atom stereocenters. The van der Waals surface area contributed by atoms with Crippen LogP contribution in [-0.4, -0.2) is 16.2 Å².